The van der Waals surface area contributed by atoms with Crippen LogP contribution in [0, 0.1) is 0 Å². The van der Waals surface area contributed by atoms with Crippen molar-refractivity contribution in [2.24, 2.45) is 0 Å². The third-order valence-electron chi connectivity index (χ3n) is 9.44. The monoisotopic (exact) mass is 602 g/mol. The average molecular weight is 603 g/mol. The molecule has 0 spiro atoms. The molecule has 0 aliphatic heterocycles. The lowest BCUT2D eigenvalue weighted by atomic mass is 9.85. The van der Waals surface area contributed by atoms with Gasteiger partial charge in [0.05, 0.1) is 0 Å². The predicted molar refractivity (Wildman–Crippen MR) is 198 cm³/mol. The zero-order chi connectivity index (χ0) is 30.2. The van der Waals surface area contributed by atoms with Crippen LogP contribution in [0.25, 0.3) is 97.0 Å². The highest BCUT2D eigenvalue weighted by Gasteiger charge is 2.18. The summed E-state index contributed by atoms with van der Waals surface area (Å²) in [7, 11) is 0. The zero-order valence-electron chi connectivity index (χ0n) is 24.8. The summed E-state index contributed by atoms with van der Waals surface area (Å²) in [4.78, 5) is 1.26. The fourth-order valence-corrected chi connectivity index (χ4v) is 8.48. The number of furan rings is 1. The van der Waals surface area contributed by atoms with Crippen molar-refractivity contribution in [1.82, 2.24) is 0 Å². The number of rotatable bonds is 3. The molecule has 0 amide bonds. The van der Waals surface area contributed by atoms with Gasteiger partial charge in [-0.1, -0.05) is 121 Å². The Bertz CT molecular complexity index is 2760. The van der Waals surface area contributed by atoms with E-state index in [1.54, 1.807) is 0 Å². The minimum atomic E-state index is 0.930. The van der Waals surface area contributed by atoms with E-state index in [-0.39, 0.29) is 0 Å². The number of hydrogen-bond donors (Lipinski definition) is 0. The van der Waals surface area contributed by atoms with Crippen molar-refractivity contribution in [1.29, 1.82) is 0 Å². The molecule has 2 aromatic heterocycles. The minimum Gasteiger partial charge on any atom is -0.456 e. The van der Waals surface area contributed by atoms with E-state index in [1.807, 2.05) is 17.4 Å². The number of para-hydroxylation sites is 1. The van der Waals surface area contributed by atoms with Crippen LogP contribution in [0.5, 0.6) is 0 Å². The van der Waals surface area contributed by atoms with Crippen molar-refractivity contribution in [2.75, 3.05) is 0 Å². The highest BCUT2D eigenvalue weighted by Crippen LogP contribution is 2.46. The van der Waals surface area contributed by atoms with Gasteiger partial charge in [0.25, 0.3) is 0 Å². The van der Waals surface area contributed by atoms with Crippen molar-refractivity contribution < 1.29 is 4.42 Å². The standard InChI is InChI=1S/C44H26OS/c1-2-11-28-24-29(21-20-27(28)10-1)42-32-12-3-5-14-34(32)43(35-15-6-4-13-33(35)42)30-22-23-40-31(25-30)26-41(46-40)37-17-9-19-39-44(37)36-16-7-8-18-38(36)45-39/h1-26H. The molecule has 2 heteroatoms. The fraction of sp³-hybridized carbons (Fsp3) is 0. The van der Waals surface area contributed by atoms with Crippen LogP contribution in [0.2, 0.25) is 0 Å². The van der Waals surface area contributed by atoms with Gasteiger partial charge in [-0.2, -0.15) is 0 Å². The first-order chi connectivity index (χ1) is 22.8. The quantitative estimate of drug-likeness (QED) is 0.183. The second-order valence-electron chi connectivity index (χ2n) is 12.0. The van der Waals surface area contributed by atoms with Crippen LogP contribution in [-0.2, 0) is 0 Å². The molecule has 0 bridgehead atoms. The topological polar surface area (TPSA) is 13.1 Å². The van der Waals surface area contributed by atoms with E-state index in [0.717, 1.165) is 16.6 Å². The largest absolute Gasteiger partial charge is 0.456 e. The number of benzene rings is 8. The SMILES string of the molecule is c1ccc2cc(-c3c4ccccc4c(-c4ccc5sc(-c6cccc7oc8ccccc8c67)cc5c4)c4ccccc34)ccc2c1. The molecule has 214 valence electrons. The van der Waals surface area contributed by atoms with Crippen LogP contribution in [-0.4, -0.2) is 0 Å². The molecular weight excluding hydrogens is 577 g/mol. The Morgan fingerprint density at radius 3 is 1.67 bits per heavy atom. The third kappa shape index (κ3) is 3.81. The van der Waals surface area contributed by atoms with Crippen molar-refractivity contribution >= 4 is 75.7 Å². The first-order valence-electron chi connectivity index (χ1n) is 15.7. The van der Waals surface area contributed by atoms with Crippen molar-refractivity contribution in [3.63, 3.8) is 0 Å². The maximum atomic E-state index is 6.21. The molecule has 0 atom stereocenters. The van der Waals surface area contributed by atoms with Gasteiger partial charge in [-0.25, -0.2) is 0 Å². The summed E-state index contributed by atoms with van der Waals surface area (Å²) in [5.74, 6) is 0. The van der Waals surface area contributed by atoms with E-state index in [1.165, 1.54) is 80.5 Å². The molecule has 0 aliphatic rings. The highest BCUT2D eigenvalue weighted by molar-refractivity contribution is 7.22. The molecule has 0 saturated heterocycles. The summed E-state index contributed by atoms with van der Waals surface area (Å²) in [6.07, 6.45) is 0. The zero-order valence-corrected chi connectivity index (χ0v) is 25.6. The summed E-state index contributed by atoms with van der Waals surface area (Å²) in [5, 5.41) is 11.2. The summed E-state index contributed by atoms with van der Waals surface area (Å²) in [6.45, 7) is 0. The van der Waals surface area contributed by atoms with Gasteiger partial charge in [-0.05, 0) is 96.4 Å². The van der Waals surface area contributed by atoms with Crippen molar-refractivity contribution in [3.8, 4) is 32.7 Å². The van der Waals surface area contributed by atoms with Crippen molar-refractivity contribution in [3.05, 3.63) is 158 Å². The molecule has 0 N–H and O–H groups in total. The number of fused-ring (bicyclic) bond motifs is 7. The fourth-order valence-electron chi connectivity index (χ4n) is 7.41. The summed E-state index contributed by atoms with van der Waals surface area (Å²) >= 11 is 1.85. The molecule has 0 radical (unpaired) electrons. The Hall–Kier alpha value is -5.70. The molecule has 10 aromatic rings. The molecule has 2 heterocycles. The van der Waals surface area contributed by atoms with E-state index in [4.69, 9.17) is 4.42 Å². The maximum Gasteiger partial charge on any atom is 0.136 e. The van der Waals surface area contributed by atoms with Crippen LogP contribution in [0.3, 0.4) is 0 Å². The molecule has 10 rings (SSSR count). The van der Waals surface area contributed by atoms with Gasteiger partial charge in [0, 0.05) is 25.9 Å². The van der Waals surface area contributed by atoms with E-state index in [2.05, 4.69) is 152 Å². The average Bonchev–Trinajstić information content (AvgIpc) is 3.72. The Morgan fingerprint density at radius 2 is 0.957 bits per heavy atom. The second kappa shape index (κ2) is 9.90. The maximum absolute atomic E-state index is 6.21. The summed E-state index contributed by atoms with van der Waals surface area (Å²) < 4.78 is 7.50. The second-order valence-corrected chi connectivity index (χ2v) is 13.1. The van der Waals surface area contributed by atoms with Crippen LogP contribution in [0.4, 0.5) is 0 Å². The Kier molecular flexibility index (Phi) is 5.51. The lowest BCUT2D eigenvalue weighted by Gasteiger charge is -2.18. The lowest BCUT2D eigenvalue weighted by molar-refractivity contribution is 0.669. The normalized spacial score (nSPS) is 11.9. The Morgan fingerprint density at radius 1 is 0.391 bits per heavy atom. The summed E-state index contributed by atoms with van der Waals surface area (Å²) in [6, 6.07) is 57.4. The van der Waals surface area contributed by atoms with Crippen molar-refractivity contribution in [2.45, 2.75) is 0 Å². The minimum absolute atomic E-state index is 0.930. The lowest BCUT2D eigenvalue weighted by Crippen LogP contribution is -1.90. The van der Waals surface area contributed by atoms with Gasteiger partial charge >= 0.3 is 0 Å². The van der Waals surface area contributed by atoms with Gasteiger partial charge in [-0.15, -0.1) is 11.3 Å². The number of hydrogen-bond acceptors (Lipinski definition) is 2. The number of thiophene rings is 1. The first kappa shape index (κ1) is 25.6. The van der Waals surface area contributed by atoms with Gasteiger partial charge in [0.15, 0.2) is 0 Å². The molecule has 0 saturated carbocycles. The third-order valence-corrected chi connectivity index (χ3v) is 10.6. The van der Waals surface area contributed by atoms with E-state index < -0.39 is 0 Å². The molecule has 46 heavy (non-hydrogen) atoms. The Labute approximate surface area is 269 Å². The molecule has 0 fully saturated rings. The molecule has 0 unspecified atom stereocenters. The van der Waals surface area contributed by atoms with E-state index >= 15 is 0 Å². The van der Waals surface area contributed by atoms with Gasteiger partial charge in [0.2, 0.25) is 0 Å². The first-order valence-corrected chi connectivity index (χ1v) is 16.5. The van der Waals surface area contributed by atoms with Gasteiger partial charge in [0.1, 0.15) is 11.2 Å². The highest BCUT2D eigenvalue weighted by atomic mass is 32.1. The van der Waals surface area contributed by atoms with E-state index in [9.17, 15) is 0 Å². The molecule has 1 nitrogen and oxygen atoms in total. The van der Waals surface area contributed by atoms with Gasteiger partial charge in [-0.3, -0.25) is 0 Å². The van der Waals surface area contributed by atoms with Gasteiger partial charge < -0.3 is 4.42 Å². The smallest absolute Gasteiger partial charge is 0.136 e. The predicted octanol–water partition coefficient (Wildman–Crippen LogP) is 13.3. The van der Waals surface area contributed by atoms with Crippen LogP contribution in [0.15, 0.2) is 162 Å². The Balaban J connectivity index is 1.20. The molecule has 0 aliphatic carbocycles. The van der Waals surface area contributed by atoms with Crippen LogP contribution in [0.1, 0.15) is 0 Å². The summed E-state index contributed by atoms with van der Waals surface area (Å²) in [5.41, 5.74) is 8.15. The van der Waals surface area contributed by atoms with Crippen LogP contribution < -0.4 is 0 Å². The molecule has 8 aromatic carbocycles. The van der Waals surface area contributed by atoms with Crippen LogP contribution >= 0.6 is 11.3 Å². The molecular formula is C44H26OS. The van der Waals surface area contributed by atoms with E-state index in [0.29, 0.717) is 0 Å².